The van der Waals surface area contributed by atoms with Gasteiger partial charge in [0.15, 0.2) is 6.61 Å². The minimum absolute atomic E-state index is 0.0499. The monoisotopic (exact) mass is 400 g/mol. The highest BCUT2D eigenvalue weighted by atomic mass is 16.5. The van der Waals surface area contributed by atoms with Crippen LogP contribution in [0.1, 0.15) is 22.7 Å². The van der Waals surface area contributed by atoms with E-state index in [1.807, 2.05) is 36.1 Å². The molecule has 0 N–H and O–H groups in total. The van der Waals surface area contributed by atoms with Crippen LogP contribution in [-0.2, 0) is 4.79 Å². The van der Waals surface area contributed by atoms with Crippen LogP contribution >= 0.6 is 0 Å². The molecule has 1 aliphatic rings. The molecule has 0 aliphatic carbocycles. The predicted octanol–water partition coefficient (Wildman–Crippen LogP) is 4.31. The first-order valence-electron chi connectivity index (χ1n) is 10.5. The van der Waals surface area contributed by atoms with Gasteiger partial charge in [-0.05, 0) is 29.7 Å². The van der Waals surface area contributed by atoms with E-state index in [0.29, 0.717) is 13.1 Å². The van der Waals surface area contributed by atoms with Gasteiger partial charge in [0.2, 0.25) is 0 Å². The number of ether oxygens (including phenoxy) is 1. The number of amides is 1. The summed E-state index contributed by atoms with van der Waals surface area (Å²) in [5.41, 5.74) is 3.61. The zero-order chi connectivity index (χ0) is 20.8. The van der Waals surface area contributed by atoms with Gasteiger partial charge in [-0.15, -0.1) is 0 Å². The standard InChI is InChI=1S/C26H28N2O2/c1-21-10-8-9-15-24(21)30-20-25(29)27-16-18-28(19-17-27)26(22-11-4-2-5-12-22)23-13-6-3-7-14-23/h2-15,26H,16-20H2,1H3. The summed E-state index contributed by atoms with van der Waals surface area (Å²) in [5.74, 6) is 0.826. The molecule has 0 saturated carbocycles. The Kier molecular flexibility index (Phi) is 6.45. The van der Waals surface area contributed by atoms with Crippen molar-refractivity contribution in [1.82, 2.24) is 9.80 Å². The maximum Gasteiger partial charge on any atom is 0.260 e. The second kappa shape index (κ2) is 9.59. The Morgan fingerprint density at radius 3 is 1.90 bits per heavy atom. The number of carbonyl (C=O) groups is 1. The molecule has 1 aliphatic heterocycles. The number of hydrogen-bond acceptors (Lipinski definition) is 3. The fourth-order valence-corrected chi connectivity index (χ4v) is 4.06. The summed E-state index contributed by atoms with van der Waals surface area (Å²) in [6.45, 7) is 5.19. The van der Waals surface area contributed by atoms with Crippen LogP contribution in [0.3, 0.4) is 0 Å². The zero-order valence-electron chi connectivity index (χ0n) is 17.4. The van der Waals surface area contributed by atoms with E-state index in [-0.39, 0.29) is 18.6 Å². The summed E-state index contributed by atoms with van der Waals surface area (Å²) in [6, 6.07) is 29.2. The number of carbonyl (C=O) groups excluding carboxylic acids is 1. The Morgan fingerprint density at radius 2 is 1.33 bits per heavy atom. The molecular formula is C26H28N2O2. The summed E-state index contributed by atoms with van der Waals surface area (Å²) in [5, 5.41) is 0. The van der Waals surface area contributed by atoms with E-state index < -0.39 is 0 Å². The third-order valence-corrected chi connectivity index (χ3v) is 5.71. The minimum atomic E-state index is 0.0499. The van der Waals surface area contributed by atoms with E-state index in [2.05, 4.69) is 65.6 Å². The summed E-state index contributed by atoms with van der Waals surface area (Å²) >= 11 is 0. The third kappa shape index (κ3) is 4.71. The number of benzene rings is 3. The molecule has 0 unspecified atom stereocenters. The van der Waals surface area contributed by atoms with Gasteiger partial charge in [-0.2, -0.15) is 0 Å². The van der Waals surface area contributed by atoms with E-state index in [1.165, 1.54) is 11.1 Å². The van der Waals surface area contributed by atoms with E-state index in [0.717, 1.165) is 24.4 Å². The molecular weight excluding hydrogens is 372 g/mol. The molecule has 1 fully saturated rings. The van der Waals surface area contributed by atoms with E-state index >= 15 is 0 Å². The first-order chi connectivity index (χ1) is 14.7. The Labute approximate surface area is 178 Å². The van der Waals surface area contributed by atoms with Crippen LogP contribution in [0.2, 0.25) is 0 Å². The van der Waals surface area contributed by atoms with E-state index in [4.69, 9.17) is 4.74 Å². The third-order valence-electron chi connectivity index (χ3n) is 5.71. The molecule has 4 heteroatoms. The molecule has 1 saturated heterocycles. The van der Waals surface area contributed by atoms with Crippen molar-refractivity contribution < 1.29 is 9.53 Å². The Hall–Kier alpha value is -3.11. The van der Waals surface area contributed by atoms with Crippen LogP contribution in [0.25, 0.3) is 0 Å². The normalized spacial score (nSPS) is 14.7. The van der Waals surface area contributed by atoms with Crippen LogP contribution < -0.4 is 4.74 Å². The van der Waals surface area contributed by atoms with Gasteiger partial charge >= 0.3 is 0 Å². The summed E-state index contributed by atoms with van der Waals surface area (Å²) in [7, 11) is 0. The van der Waals surface area contributed by atoms with Crippen molar-refractivity contribution >= 4 is 5.91 Å². The van der Waals surface area contributed by atoms with Crippen molar-refractivity contribution in [3.63, 3.8) is 0 Å². The summed E-state index contributed by atoms with van der Waals surface area (Å²) in [6.07, 6.45) is 0. The first kappa shape index (κ1) is 20.2. The number of para-hydroxylation sites is 1. The zero-order valence-corrected chi connectivity index (χ0v) is 17.4. The number of hydrogen-bond donors (Lipinski definition) is 0. The summed E-state index contributed by atoms with van der Waals surface area (Å²) in [4.78, 5) is 17.1. The van der Waals surface area contributed by atoms with Gasteiger partial charge in [-0.3, -0.25) is 9.69 Å². The molecule has 154 valence electrons. The predicted molar refractivity (Wildman–Crippen MR) is 120 cm³/mol. The Bertz CT molecular complexity index is 912. The fourth-order valence-electron chi connectivity index (χ4n) is 4.06. The smallest absolute Gasteiger partial charge is 0.260 e. The van der Waals surface area contributed by atoms with Gasteiger partial charge < -0.3 is 9.64 Å². The van der Waals surface area contributed by atoms with Crippen LogP contribution in [-0.4, -0.2) is 48.5 Å². The van der Waals surface area contributed by atoms with Gasteiger partial charge in [0.05, 0.1) is 6.04 Å². The minimum Gasteiger partial charge on any atom is -0.484 e. The molecule has 0 atom stereocenters. The van der Waals surface area contributed by atoms with Crippen LogP contribution in [0, 0.1) is 6.92 Å². The lowest BCUT2D eigenvalue weighted by atomic mass is 9.96. The lowest BCUT2D eigenvalue weighted by Crippen LogP contribution is -2.51. The number of rotatable bonds is 6. The number of aryl methyl sites for hydroxylation is 1. The number of nitrogens with zero attached hydrogens (tertiary/aromatic N) is 2. The highest BCUT2D eigenvalue weighted by molar-refractivity contribution is 5.78. The quantitative estimate of drug-likeness (QED) is 0.618. The molecule has 1 heterocycles. The maximum atomic E-state index is 12.7. The molecule has 4 rings (SSSR count). The highest BCUT2D eigenvalue weighted by Gasteiger charge is 2.28. The molecule has 0 aromatic heterocycles. The van der Waals surface area contributed by atoms with Crippen molar-refractivity contribution in [3.05, 3.63) is 102 Å². The Balaban J connectivity index is 1.40. The topological polar surface area (TPSA) is 32.8 Å². The largest absolute Gasteiger partial charge is 0.484 e. The molecule has 3 aromatic carbocycles. The summed E-state index contributed by atoms with van der Waals surface area (Å²) < 4.78 is 5.76. The van der Waals surface area contributed by atoms with Gasteiger partial charge in [0.25, 0.3) is 5.91 Å². The molecule has 1 amide bonds. The first-order valence-corrected chi connectivity index (χ1v) is 10.5. The molecule has 30 heavy (non-hydrogen) atoms. The van der Waals surface area contributed by atoms with Crippen molar-refractivity contribution in [2.24, 2.45) is 0 Å². The average molecular weight is 401 g/mol. The van der Waals surface area contributed by atoms with Gasteiger partial charge in [0.1, 0.15) is 5.75 Å². The highest BCUT2D eigenvalue weighted by Crippen LogP contribution is 2.29. The average Bonchev–Trinajstić information content (AvgIpc) is 2.80. The Morgan fingerprint density at radius 1 is 0.800 bits per heavy atom. The van der Waals surface area contributed by atoms with E-state index in [1.54, 1.807) is 0 Å². The van der Waals surface area contributed by atoms with Crippen molar-refractivity contribution in [2.45, 2.75) is 13.0 Å². The molecule has 4 nitrogen and oxygen atoms in total. The number of piperazine rings is 1. The van der Waals surface area contributed by atoms with Gasteiger partial charge in [0, 0.05) is 26.2 Å². The molecule has 0 bridgehead atoms. The fraction of sp³-hybridized carbons (Fsp3) is 0.269. The van der Waals surface area contributed by atoms with E-state index in [9.17, 15) is 4.79 Å². The van der Waals surface area contributed by atoms with Crippen molar-refractivity contribution in [2.75, 3.05) is 32.8 Å². The van der Waals surface area contributed by atoms with Gasteiger partial charge in [-0.1, -0.05) is 78.9 Å². The second-order valence-corrected chi connectivity index (χ2v) is 7.69. The lowest BCUT2D eigenvalue weighted by molar-refractivity contribution is -0.135. The van der Waals surface area contributed by atoms with Crippen LogP contribution in [0.5, 0.6) is 5.75 Å². The molecule has 3 aromatic rings. The maximum absolute atomic E-state index is 12.7. The molecule has 0 radical (unpaired) electrons. The SMILES string of the molecule is Cc1ccccc1OCC(=O)N1CCN(C(c2ccccc2)c2ccccc2)CC1. The van der Waals surface area contributed by atoms with Crippen molar-refractivity contribution in [1.29, 1.82) is 0 Å². The van der Waals surface area contributed by atoms with Gasteiger partial charge in [-0.25, -0.2) is 0 Å². The van der Waals surface area contributed by atoms with Crippen molar-refractivity contribution in [3.8, 4) is 5.75 Å². The van der Waals surface area contributed by atoms with Crippen LogP contribution in [0.4, 0.5) is 0 Å². The van der Waals surface area contributed by atoms with Crippen LogP contribution in [0.15, 0.2) is 84.9 Å². The lowest BCUT2D eigenvalue weighted by Gasteiger charge is -2.39. The second-order valence-electron chi connectivity index (χ2n) is 7.69. The molecule has 0 spiro atoms.